The second-order valence-corrected chi connectivity index (χ2v) is 11.1. The molecular formula is C31H16BrN3O5S. The number of hydrogen-bond donors (Lipinski definition) is 0. The van der Waals surface area contributed by atoms with Crippen molar-refractivity contribution in [3.63, 3.8) is 0 Å². The lowest BCUT2D eigenvalue weighted by Crippen LogP contribution is -2.30. The summed E-state index contributed by atoms with van der Waals surface area (Å²) in [6.45, 7) is 0. The zero-order valence-electron chi connectivity index (χ0n) is 20.9. The normalized spacial score (nSPS) is 11.7. The second kappa shape index (κ2) is 9.92. The van der Waals surface area contributed by atoms with Crippen LogP contribution in [-0.4, -0.2) is 17.1 Å². The van der Waals surface area contributed by atoms with Gasteiger partial charge in [-0.1, -0.05) is 69.7 Å². The van der Waals surface area contributed by atoms with E-state index in [1.807, 2.05) is 42.5 Å². The first-order valence-corrected chi connectivity index (χ1v) is 14.0. The van der Waals surface area contributed by atoms with Gasteiger partial charge in [0.05, 0.1) is 27.4 Å². The number of carbonyl (C=O) groups is 1. The Morgan fingerprint density at radius 3 is 2.59 bits per heavy atom. The third-order valence-corrected chi connectivity index (χ3v) is 8.09. The average molecular weight is 622 g/mol. The van der Waals surface area contributed by atoms with E-state index in [4.69, 9.17) is 8.83 Å². The molecule has 0 atom stereocenters. The molecule has 0 aliphatic rings. The number of hydrazone groups is 1. The number of amides is 1. The van der Waals surface area contributed by atoms with E-state index in [2.05, 4.69) is 26.0 Å². The lowest BCUT2D eigenvalue weighted by Gasteiger charge is -2.13. The molecule has 0 saturated carbocycles. The first-order chi connectivity index (χ1) is 20.0. The van der Waals surface area contributed by atoms with E-state index in [1.165, 1.54) is 29.9 Å². The highest BCUT2D eigenvalue weighted by Crippen LogP contribution is 2.32. The van der Waals surface area contributed by atoms with E-state index in [9.17, 15) is 14.4 Å². The Balaban J connectivity index is 1.39. The monoisotopic (exact) mass is 621 g/mol. The fourth-order valence-electron chi connectivity index (χ4n) is 4.60. The number of benzene rings is 4. The summed E-state index contributed by atoms with van der Waals surface area (Å²) < 4.78 is 12.8. The van der Waals surface area contributed by atoms with Crippen LogP contribution in [0.3, 0.4) is 0 Å². The summed E-state index contributed by atoms with van der Waals surface area (Å²) in [5, 5.41) is 8.33. The summed E-state index contributed by atoms with van der Waals surface area (Å²) in [4.78, 5) is 44.8. The average Bonchev–Trinajstić information content (AvgIpc) is 3.40. The van der Waals surface area contributed by atoms with Crippen LogP contribution in [0.25, 0.3) is 42.9 Å². The standard InChI is InChI=1S/C31H16BrN3O5S/c32-19-10-11-24-27(13-19)41-31(34-24)35(33-15-18-16-39-25-8-4-3-7-21(25)28(18)36)29(37)23-14-22-20-6-2-1-5-17(20)9-12-26(22)40-30(23)38/h1-16H/b33-15+. The number of para-hydroxylation sites is 1. The van der Waals surface area contributed by atoms with Gasteiger partial charge in [0.15, 0.2) is 0 Å². The van der Waals surface area contributed by atoms with Crippen molar-refractivity contribution in [1.29, 1.82) is 0 Å². The Labute approximate surface area is 242 Å². The number of thiazole rings is 1. The van der Waals surface area contributed by atoms with Crippen LogP contribution in [0.4, 0.5) is 5.13 Å². The Morgan fingerprint density at radius 2 is 1.71 bits per heavy atom. The third-order valence-electron chi connectivity index (χ3n) is 6.60. The second-order valence-electron chi connectivity index (χ2n) is 9.13. The molecule has 8 nitrogen and oxygen atoms in total. The molecule has 0 spiro atoms. The van der Waals surface area contributed by atoms with E-state index in [-0.39, 0.29) is 21.7 Å². The van der Waals surface area contributed by atoms with Crippen LogP contribution >= 0.6 is 27.3 Å². The first kappa shape index (κ1) is 25.1. The summed E-state index contributed by atoms with van der Waals surface area (Å²) >= 11 is 4.67. The highest BCUT2D eigenvalue weighted by Gasteiger charge is 2.25. The molecule has 0 aliphatic carbocycles. The zero-order chi connectivity index (χ0) is 28.1. The minimum absolute atomic E-state index is 0.127. The number of anilines is 1. The van der Waals surface area contributed by atoms with Gasteiger partial charge in [0.1, 0.15) is 23.0 Å². The highest BCUT2D eigenvalue weighted by atomic mass is 79.9. The molecular weight excluding hydrogens is 606 g/mol. The Kier molecular flexibility index (Phi) is 6.06. The minimum Gasteiger partial charge on any atom is -0.463 e. The maximum Gasteiger partial charge on any atom is 0.349 e. The topological polar surface area (TPSA) is 106 Å². The molecule has 198 valence electrons. The number of fused-ring (bicyclic) bond motifs is 5. The van der Waals surface area contributed by atoms with Crippen LogP contribution in [0.2, 0.25) is 0 Å². The lowest BCUT2D eigenvalue weighted by molar-refractivity contribution is 0.0984. The fraction of sp³-hybridized carbons (Fsp3) is 0. The maximum absolute atomic E-state index is 14.0. The molecule has 0 aliphatic heterocycles. The molecule has 41 heavy (non-hydrogen) atoms. The SMILES string of the molecule is O=C(c1cc2c(ccc3ccccc32)oc1=O)N(/N=C/c1coc2ccccc2c1=O)c1nc2ccc(Br)cc2s1. The largest absolute Gasteiger partial charge is 0.463 e. The summed E-state index contributed by atoms with van der Waals surface area (Å²) in [7, 11) is 0. The van der Waals surface area contributed by atoms with Crippen molar-refractivity contribution in [1.82, 2.24) is 4.98 Å². The first-order valence-electron chi connectivity index (χ1n) is 12.4. The smallest absolute Gasteiger partial charge is 0.349 e. The van der Waals surface area contributed by atoms with Gasteiger partial charge < -0.3 is 8.83 Å². The van der Waals surface area contributed by atoms with Crippen molar-refractivity contribution in [2.75, 3.05) is 5.01 Å². The molecule has 7 rings (SSSR count). The number of nitrogens with zero attached hydrogens (tertiary/aromatic N) is 3. The van der Waals surface area contributed by atoms with Crippen molar-refractivity contribution in [3.8, 4) is 0 Å². The quantitative estimate of drug-likeness (QED) is 0.0897. The summed E-state index contributed by atoms with van der Waals surface area (Å²) in [6.07, 6.45) is 2.51. The van der Waals surface area contributed by atoms with Crippen molar-refractivity contribution in [3.05, 3.63) is 127 Å². The minimum atomic E-state index is -0.813. The lowest BCUT2D eigenvalue weighted by atomic mass is 10.0. The Morgan fingerprint density at radius 1 is 0.902 bits per heavy atom. The molecule has 0 saturated heterocycles. The van der Waals surface area contributed by atoms with Crippen molar-refractivity contribution in [2.24, 2.45) is 5.10 Å². The van der Waals surface area contributed by atoms with Gasteiger partial charge in [-0.2, -0.15) is 10.1 Å². The third kappa shape index (κ3) is 4.43. The Bertz CT molecular complexity index is 2320. The molecule has 4 aromatic carbocycles. The van der Waals surface area contributed by atoms with Gasteiger partial charge in [-0.05, 0) is 53.2 Å². The van der Waals surface area contributed by atoms with Gasteiger partial charge in [-0.3, -0.25) is 9.59 Å². The van der Waals surface area contributed by atoms with Crippen LogP contribution in [-0.2, 0) is 0 Å². The predicted octanol–water partition coefficient (Wildman–Crippen LogP) is 7.11. The number of hydrogen-bond acceptors (Lipinski definition) is 8. The van der Waals surface area contributed by atoms with Gasteiger partial charge in [0, 0.05) is 9.86 Å². The van der Waals surface area contributed by atoms with E-state index in [0.717, 1.165) is 25.0 Å². The van der Waals surface area contributed by atoms with Crippen molar-refractivity contribution >= 4 is 87.4 Å². The number of aromatic nitrogens is 1. The van der Waals surface area contributed by atoms with Crippen molar-refractivity contribution < 1.29 is 13.6 Å². The number of carbonyl (C=O) groups excluding carboxylic acids is 1. The number of halogens is 1. The maximum atomic E-state index is 14.0. The Hall–Kier alpha value is -4.93. The predicted molar refractivity (Wildman–Crippen MR) is 164 cm³/mol. The van der Waals surface area contributed by atoms with Gasteiger partial charge >= 0.3 is 5.63 Å². The van der Waals surface area contributed by atoms with Gasteiger partial charge in [-0.15, -0.1) is 0 Å². The zero-order valence-corrected chi connectivity index (χ0v) is 23.3. The molecule has 3 heterocycles. The van der Waals surface area contributed by atoms with Crippen LogP contribution in [0.15, 0.2) is 119 Å². The van der Waals surface area contributed by atoms with Crippen LogP contribution < -0.4 is 16.1 Å². The summed E-state index contributed by atoms with van der Waals surface area (Å²) in [5.41, 5.74) is 0.209. The number of rotatable bonds is 4. The molecule has 7 aromatic rings. The molecule has 0 N–H and O–H groups in total. The molecule has 1 amide bonds. The molecule has 0 fully saturated rings. The van der Waals surface area contributed by atoms with Crippen LogP contribution in [0, 0.1) is 0 Å². The molecule has 0 radical (unpaired) electrons. The van der Waals surface area contributed by atoms with Gasteiger partial charge in [-0.25, -0.2) is 9.78 Å². The van der Waals surface area contributed by atoms with Crippen LogP contribution in [0.5, 0.6) is 0 Å². The van der Waals surface area contributed by atoms with Gasteiger partial charge in [0.2, 0.25) is 10.6 Å². The van der Waals surface area contributed by atoms with E-state index >= 15 is 0 Å². The van der Waals surface area contributed by atoms with E-state index in [1.54, 1.807) is 36.4 Å². The summed E-state index contributed by atoms with van der Waals surface area (Å²) in [6, 6.07) is 25.0. The highest BCUT2D eigenvalue weighted by molar-refractivity contribution is 9.10. The van der Waals surface area contributed by atoms with Crippen molar-refractivity contribution in [2.45, 2.75) is 0 Å². The fourth-order valence-corrected chi connectivity index (χ4v) is 6.08. The van der Waals surface area contributed by atoms with Crippen LogP contribution in [0.1, 0.15) is 15.9 Å². The molecule has 3 aromatic heterocycles. The molecule has 10 heteroatoms. The molecule has 0 unspecified atom stereocenters. The molecule has 0 bridgehead atoms. The van der Waals surface area contributed by atoms with E-state index < -0.39 is 11.5 Å². The van der Waals surface area contributed by atoms with E-state index in [0.29, 0.717) is 27.5 Å². The summed E-state index contributed by atoms with van der Waals surface area (Å²) in [5.74, 6) is -0.756. The van der Waals surface area contributed by atoms with Gasteiger partial charge in [0.25, 0.3) is 5.91 Å².